The van der Waals surface area contributed by atoms with Crippen LogP contribution in [-0.2, 0) is 0 Å². The van der Waals surface area contributed by atoms with Gasteiger partial charge in [0.25, 0.3) is 5.91 Å². The standard InChI is InChI=1S/C24H26N6O2/c1-4-28-9-10-29(15-17(28)3)23(31)19-6-8-22(26-13-19)30-24(32)21(14-27-30)20-7-5-18(12-25)11-16(20)2/h5-8,11,13-14,17,32H,4,9-10,15H2,1-3H3/t17-/m1/s1. The van der Waals surface area contributed by atoms with Crippen LogP contribution >= 0.6 is 0 Å². The Labute approximate surface area is 187 Å². The highest BCUT2D eigenvalue weighted by atomic mass is 16.3. The van der Waals surface area contributed by atoms with Crippen molar-refractivity contribution in [2.24, 2.45) is 0 Å². The predicted octanol–water partition coefficient (Wildman–Crippen LogP) is 2.99. The van der Waals surface area contributed by atoms with Crippen molar-refractivity contribution >= 4 is 5.91 Å². The minimum atomic E-state index is -0.0473. The maximum Gasteiger partial charge on any atom is 0.255 e. The lowest BCUT2D eigenvalue weighted by atomic mass is 10.0. The number of amides is 1. The van der Waals surface area contributed by atoms with Crippen molar-refractivity contribution in [3.8, 4) is 28.9 Å². The number of nitrogens with zero attached hydrogens (tertiary/aromatic N) is 6. The van der Waals surface area contributed by atoms with Crippen LogP contribution in [0.2, 0.25) is 0 Å². The lowest BCUT2D eigenvalue weighted by molar-refractivity contribution is 0.0528. The Bertz CT molecular complexity index is 1180. The summed E-state index contributed by atoms with van der Waals surface area (Å²) in [5.74, 6) is 0.333. The molecule has 1 saturated heterocycles. The maximum atomic E-state index is 12.9. The van der Waals surface area contributed by atoms with E-state index in [9.17, 15) is 9.90 Å². The quantitative estimate of drug-likeness (QED) is 0.683. The molecule has 0 aliphatic carbocycles. The minimum Gasteiger partial charge on any atom is -0.493 e. The van der Waals surface area contributed by atoms with Crippen LogP contribution in [0.4, 0.5) is 0 Å². The molecule has 1 aliphatic heterocycles. The van der Waals surface area contributed by atoms with E-state index in [4.69, 9.17) is 5.26 Å². The van der Waals surface area contributed by atoms with Crippen LogP contribution in [0.5, 0.6) is 5.88 Å². The molecule has 0 unspecified atom stereocenters. The van der Waals surface area contributed by atoms with Gasteiger partial charge in [-0.1, -0.05) is 13.0 Å². The predicted molar refractivity (Wildman–Crippen MR) is 121 cm³/mol. The van der Waals surface area contributed by atoms with Crippen LogP contribution in [0.15, 0.2) is 42.7 Å². The number of hydrogen-bond acceptors (Lipinski definition) is 6. The maximum absolute atomic E-state index is 12.9. The van der Waals surface area contributed by atoms with E-state index in [1.165, 1.54) is 10.9 Å². The first-order valence-electron chi connectivity index (χ1n) is 10.7. The number of pyridine rings is 1. The summed E-state index contributed by atoms with van der Waals surface area (Å²) in [6, 6.07) is 11.1. The van der Waals surface area contributed by atoms with Crippen molar-refractivity contribution in [1.29, 1.82) is 5.26 Å². The second-order valence-electron chi connectivity index (χ2n) is 8.07. The molecule has 8 nitrogen and oxygen atoms in total. The molecule has 1 amide bonds. The number of aryl methyl sites for hydroxylation is 1. The number of hydrogen-bond donors (Lipinski definition) is 1. The molecule has 32 heavy (non-hydrogen) atoms. The summed E-state index contributed by atoms with van der Waals surface area (Å²) in [4.78, 5) is 21.5. The zero-order valence-corrected chi connectivity index (χ0v) is 18.5. The molecule has 1 aliphatic rings. The smallest absolute Gasteiger partial charge is 0.255 e. The van der Waals surface area contributed by atoms with E-state index in [1.807, 2.05) is 11.8 Å². The van der Waals surface area contributed by atoms with Crippen LogP contribution in [-0.4, -0.2) is 67.8 Å². The summed E-state index contributed by atoms with van der Waals surface area (Å²) in [5, 5.41) is 24.1. The lowest BCUT2D eigenvalue weighted by Gasteiger charge is -2.39. The summed E-state index contributed by atoms with van der Waals surface area (Å²) in [7, 11) is 0. The summed E-state index contributed by atoms with van der Waals surface area (Å²) in [6.07, 6.45) is 3.10. The average molecular weight is 431 g/mol. The van der Waals surface area contributed by atoms with Gasteiger partial charge in [0.2, 0.25) is 5.88 Å². The van der Waals surface area contributed by atoms with E-state index >= 15 is 0 Å². The Kier molecular flexibility index (Phi) is 5.93. The third-order valence-corrected chi connectivity index (χ3v) is 6.06. The number of piperazine rings is 1. The highest BCUT2D eigenvalue weighted by molar-refractivity contribution is 5.94. The number of rotatable bonds is 4. The van der Waals surface area contributed by atoms with E-state index in [-0.39, 0.29) is 11.8 Å². The Morgan fingerprint density at radius 3 is 2.66 bits per heavy atom. The van der Waals surface area contributed by atoms with Crippen LogP contribution in [0.25, 0.3) is 16.9 Å². The first-order valence-corrected chi connectivity index (χ1v) is 10.7. The van der Waals surface area contributed by atoms with Gasteiger partial charge in [-0.05, 0) is 55.8 Å². The largest absolute Gasteiger partial charge is 0.493 e. The molecule has 3 heterocycles. The summed E-state index contributed by atoms with van der Waals surface area (Å²) in [5.41, 5.74) is 3.29. The van der Waals surface area contributed by atoms with Gasteiger partial charge in [0.15, 0.2) is 5.82 Å². The highest BCUT2D eigenvalue weighted by Gasteiger charge is 2.26. The van der Waals surface area contributed by atoms with Gasteiger partial charge in [-0.15, -0.1) is 0 Å². The highest BCUT2D eigenvalue weighted by Crippen LogP contribution is 2.33. The molecule has 0 bridgehead atoms. The van der Waals surface area contributed by atoms with Crippen LogP contribution in [0.1, 0.15) is 35.3 Å². The van der Waals surface area contributed by atoms with Crippen molar-refractivity contribution in [2.45, 2.75) is 26.8 Å². The molecule has 8 heteroatoms. The number of likely N-dealkylation sites (N-methyl/N-ethyl adjacent to an activating group) is 1. The molecule has 1 N–H and O–H groups in total. The molecule has 1 aromatic carbocycles. The van der Waals surface area contributed by atoms with Crippen molar-refractivity contribution in [2.75, 3.05) is 26.2 Å². The molecular weight excluding hydrogens is 404 g/mol. The van der Waals surface area contributed by atoms with E-state index in [0.29, 0.717) is 41.6 Å². The summed E-state index contributed by atoms with van der Waals surface area (Å²) < 4.78 is 1.34. The topological polar surface area (TPSA) is 98.3 Å². The molecule has 0 saturated carbocycles. The van der Waals surface area contributed by atoms with E-state index in [2.05, 4.69) is 34.9 Å². The fraction of sp³-hybridized carbons (Fsp3) is 0.333. The summed E-state index contributed by atoms with van der Waals surface area (Å²) >= 11 is 0. The van der Waals surface area contributed by atoms with Crippen molar-refractivity contribution < 1.29 is 9.90 Å². The fourth-order valence-electron chi connectivity index (χ4n) is 4.20. The van der Waals surface area contributed by atoms with E-state index < -0.39 is 0 Å². The molecule has 1 fully saturated rings. The number of aromatic nitrogens is 3. The second kappa shape index (κ2) is 8.81. The molecule has 0 spiro atoms. The monoisotopic (exact) mass is 430 g/mol. The van der Waals surface area contributed by atoms with E-state index in [1.54, 1.807) is 36.5 Å². The number of carbonyl (C=O) groups excluding carboxylic acids is 1. The lowest BCUT2D eigenvalue weighted by Crippen LogP contribution is -2.53. The number of carbonyl (C=O) groups is 1. The first-order chi connectivity index (χ1) is 15.4. The van der Waals surface area contributed by atoms with Gasteiger partial charge < -0.3 is 10.0 Å². The van der Waals surface area contributed by atoms with Gasteiger partial charge in [-0.2, -0.15) is 15.0 Å². The molecular formula is C24H26N6O2. The number of benzene rings is 1. The van der Waals surface area contributed by atoms with Gasteiger partial charge in [-0.25, -0.2) is 4.98 Å². The molecule has 1 atom stereocenters. The molecule has 0 radical (unpaired) electrons. The van der Waals surface area contributed by atoms with Crippen LogP contribution < -0.4 is 0 Å². The molecule has 3 aromatic rings. The Balaban J connectivity index is 1.54. The number of nitriles is 1. The SMILES string of the molecule is CCN1CCN(C(=O)c2ccc(-n3ncc(-c4ccc(C#N)cc4C)c3O)nc2)C[C@H]1C. The third kappa shape index (κ3) is 3.95. The zero-order chi connectivity index (χ0) is 22.8. The van der Waals surface area contributed by atoms with Crippen molar-refractivity contribution in [1.82, 2.24) is 24.6 Å². The third-order valence-electron chi connectivity index (χ3n) is 6.06. The van der Waals surface area contributed by atoms with Gasteiger partial charge in [0, 0.05) is 31.9 Å². The average Bonchev–Trinajstić information content (AvgIpc) is 3.19. The molecule has 4 rings (SSSR count). The van der Waals surface area contributed by atoms with Crippen molar-refractivity contribution in [3.63, 3.8) is 0 Å². The minimum absolute atomic E-state index is 0.0368. The Morgan fingerprint density at radius 1 is 1.22 bits per heavy atom. The van der Waals surface area contributed by atoms with Crippen molar-refractivity contribution in [3.05, 3.63) is 59.4 Å². The molecule has 164 valence electrons. The zero-order valence-electron chi connectivity index (χ0n) is 18.5. The van der Waals surface area contributed by atoms with E-state index in [0.717, 1.165) is 24.2 Å². The van der Waals surface area contributed by atoms with Gasteiger partial charge in [0.05, 0.1) is 29.0 Å². The molecule has 2 aromatic heterocycles. The van der Waals surface area contributed by atoms with Crippen LogP contribution in [0, 0.1) is 18.3 Å². The van der Waals surface area contributed by atoms with Gasteiger partial charge in [0.1, 0.15) is 0 Å². The van der Waals surface area contributed by atoms with Gasteiger partial charge in [-0.3, -0.25) is 9.69 Å². The second-order valence-corrected chi connectivity index (χ2v) is 8.07. The van der Waals surface area contributed by atoms with Gasteiger partial charge >= 0.3 is 0 Å². The Hall–Kier alpha value is -3.70. The summed E-state index contributed by atoms with van der Waals surface area (Å²) in [6.45, 7) is 9.40. The number of aromatic hydroxyl groups is 1. The normalized spacial score (nSPS) is 16.7. The Morgan fingerprint density at radius 2 is 2.03 bits per heavy atom. The van der Waals surface area contributed by atoms with Crippen LogP contribution in [0.3, 0.4) is 0 Å². The first kappa shape index (κ1) is 21.5. The fourth-order valence-corrected chi connectivity index (χ4v) is 4.20.